The van der Waals surface area contributed by atoms with E-state index in [9.17, 15) is 0 Å². The summed E-state index contributed by atoms with van der Waals surface area (Å²) in [5.41, 5.74) is 4.48. The fourth-order valence-electron chi connectivity index (χ4n) is 4.92. The molecule has 0 aliphatic rings. The Morgan fingerprint density at radius 3 is 1.88 bits per heavy atom. The molecule has 1 aromatic heterocycles. The van der Waals surface area contributed by atoms with Crippen LogP contribution in [0.3, 0.4) is 0 Å². The van der Waals surface area contributed by atoms with Crippen LogP contribution in [0.2, 0.25) is 5.15 Å². The molecule has 2 aromatic rings. The number of benzene rings is 1. The molecule has 0 N–H and O–H groups in total. The lowest BCUT2D eigenvalue weighted by Gasteiger charge is -2.31. The van der Waals surface area contributed by atoms with Crippen LogP contribution >= 0.6 is 11.6 Å². The SMILES string of the molecule is CCCCCCCC(C)(CC)c1nc2ccc(C(C)(CCCC)CCCC)cc2nc1Cl. The van der Waals surface area contributed by atoms with Gasteiger partial charge in [0.2, 0.25) is 0 Å². The number of unbranched alkanes of at least 4 members (excludes halogenated alkanes) is 6. The molecular formula is C29H47ClN2. The van der Waals surface area contributed by atoms with Crippen LogP contribution in [-0.4, -0.2) is 9.97 Å². The van der Waals surface area contributed by atoms with Gasteiger partial charge in [-0.05, 0) is 48.8 Å². The van der Waals surface area contributed by atoms with Gasteiger partial charge in [-0.25, -0.2) is 9.97 Å². The molecule has 1 aromatic carbocycles. The van der Waals surface area contributed by atoms with Crippen molar-refractivity contribution in [3.63, 3.8) is 0 Å². The summed E-state index contributed by atoms with van der Waals surface area (Å²) in [5.74, 6) is 0. The minimum atomic E-state index is -0.0140. The molecular weight excluding hydrogens is 412 g/mol. The molecule has 2 nitrogen and oxygen atoms in total. The molecule has 1 atom stereocenters. The normalized spacial score (nSPS) is 14.1. The van der Waals surface area contributed by atoms with Gasteiger partial charge in [0, 0.05) is 5.41 Å². The first-order chi connectivity index (χ1) is 15.3. The minimum absolute atomic E-state index is 0.0140. The predicted octanol–water partition coefficient (Wildman–Crippen LogP) is 9.95. The van der Waals surface area contributed by atoms with Crippen LogP contribution < -0.4 is 0 Å². The summed E-state index contributed by atoms with van der Waals surface area (Å²) in [6, 6.07) is 6.75. The second-order valence-corrected chi connectivity index (χ2v) is 10.8. The number of fused-ring (bicyclic) bond motifs is 1. The number of hydrogen-bond donors (Lipinski definition) is 0. The average molecular weight is 459 g/mol. The smallest absolute Gasteiger partial charge is 0.151 e. The highest BCUT2D eigenvalue weighted by atomic mass is 35.5. The van der Waals surface area contributed by atoms with Gasteiger partial charge in [-0.15, -0.1) is 0 Å². The Hall–Kier alpha value is -1.15. The highest BCUT2D eigenvalue weighted by Gasteiger charge is 2.30. The van der Waals surface area contributed by atoms with Crippen LogP contribution in [0.25, 0.3) is 11.0 Å². The van der Waals surface area contributed by atoms with Crippen LogP contribution in [-0.2, 0) is 10.8 Å². The van der Waals surface area contributed by atoms with Crippen molar-refractivity contribution < 1.29 is 0 Å². The number of rotatable bonds is 15. The lowest BCUT2D eigenvalue weighted by molar-refractivity contribution is 0.374. The summed E-state index contributed by atoms with van der Waals surface area (Å²) in [4.78, 5) is 9.97. The summed E-state index contributed by atoms with van der Waals surface area (Å²) in [6.45, 7) is 13.8. The third-order valence-electron chi connectivity index (χ3n) is 7.67. The summed E-state index contributed by atoms with van der Waals surface area (Å²) < 4.78 is 0. The number of hydrogen-bond acceptors (Lipinski definition) is 2. The van der Waals surface area contributed by atoms with Crippen molar-refractivity contribution in [3.8, 4) is 0 Å². The first kappa shape index (κ1) is 27.1. The van der Waals surface area contributed by atoms with Crippen LogP contribution in [0.4, 0.5) is 0 Å². The van der Waals surface area contributed by atoms with Crippen LogP contribution in [0.15, 0.2) is 18.2 Å². The summed E-state index contributed by atoms with van der Waals surface area (Å²) in [6.07, 6.45) is 16.0. The maximum absolute atomic E-state index is 6.79. The van der Waals surface area contributed by atoms with Gasteiger partial charge in [-0.3, -0.25) is 0 Å². The van der Waals surface area contributed by atoms with Crippen molar-refractivity contribution in [1.29, 1.82) is 0 Å². The third kappa shape index (κ3) is 6.92. The Kier molecular flexibility index (Phi) is 10.9. The van der Waals surface area contributed by atoms with Gasteiger partial charge in [-0.2, -0.15) is 0 Å². The monoisotopic (exact) mass is 458 g/mol. The molecule has 0 aliphatic carbocycles. The van der Waals surface area contributed by atoms with Gasteiger partial charge in [0.25, 0.3) is 0 Å². The van der Waals surface area contributed by atoms with E-state index in [2.05, 4.69) is 59.7 Å². The Morgan fingerprint density at radius 2 is 1.28 bits per heavy atom. The van der Waals surface area contributed by atoms with Crippen molar-refractivity contribution in [2.45, 2.75) is 136 Å². The molecule has 32 heavy (non-hydrogen) atoms. The fraction of sp³-hybridized carbons (Fsp3) is 0.724. The van der Waals surface area contributed by atoms with Crippen molar-refractivity contribution >= 4 is 22.6 Å². The molecule has 0 radical (unpaired) electrons. The van der Waals surface area contributed by atoms with Crippen molar-refractivity contribution in [2.24, 2.45) is 0 Å². The topological polar surface area (TPSA) is 25.8 Å². The van der Waals surface area contributed by atoms with Gasteiger partial charge < -0.3 is 0 Å². The molecule has 0 saturated heterocycles. The first-order valence-electron chi connectivity index (χ1n) is 13.3. The van der Waals surface area contributed by atoms with E-state index in [1.165, 1.54) is 76.2 Å². The first-order valence-corrected chi connectivity index (χ1v) is 13.7. The third-order valence-corrected chi connectivity index (χ3v) is 7.93. The van der Waals surface area contributed by atoms with E-state index in [0.717, 1.165) is 29.6 Å². The standard InChI is InChI=1S/C29H47ClN2/c1-7-11-14-15-16-21-28(5,10-4)26-27(30)32-25-22-23(17-18-24(25)31-26)29(6,19-12-8-2)20-13-9-3/h17-18,22H,7-16,19-21H2,1-6H3. The van der Waals surface area contributed by atoms with E-state index in [1.54, 1.807) is 0 Å². The summed E-state index contributed by atoms with van der Waals surface area (Å²) >= 11 is 6.79. The predicted molar refractivity (Wildman–Crippen MR) is 142 cm³/mol. The lowest BCUT2D eigenvalue weighted by atomic mass is 9.74. The molecule has 0 spiro atoms. The molecule has 0 saturated carbocycles. The van der Waals surface area contributed by atoms with Gasteiger partial charge in [0.05, 0.1) is 16.7 Å². The van der Waals surface area contributed by atoms with Crippen LogP contribution in [0, 0.1) is 0 Å². The molecule has 180 valence electrons. The maximum Gasteiger partial charge on any atom is 0.151 e. The number of halogens is 1. The Balaban J connectivity index is 2.33. The van der Waals surface area contributed by atoms with E-state index < -0.39 is 0 Å². The van der Waals surface area contributed by atoms with Gasteiger partial charge in [0.15, 0.2) is 5.15 Å². The van der Waals surface area contributed by atoms with Crippen molar-refractivity contribution in [2.75, 3.05) is 0 Å². The number of nitrogens with zero attached hydrogens (tertiary/aromatic N) is 2. The number of aromatic nitrogens is 2. The minimum Gasteiger partial charge on any atom is -0.247 e. The molecule has 0 aliphatic heterocycles. The zero-order valence-electron chi connectivity index (χ0n) is 21.7. The Morgan fingerprint density at radius 1 is 0.688 bits per heavy atom. The Bertz CT molecular complexity index is 823. The molecule has 0 fully saturated rings. The molecule has 2 rings (SSSR count). The molecule has 0 bridgehead atoms. The van der Waals surface area contributed by atoms with E-state index in [-0.39, 0.29) is 10.8 Å². The lowest BCUT2D eigenvalue weighted by Crippen LogP contribution is -2.24. The van der Waals surface area contributed by atoms with Crippen LogP contribution in [0.5, 0.6) is 0 Å². The van der Waals surface area contributed by atoms with Crippen molar-refractivity contribution in [3.05, 3.63) is 34.6 Å². The van der Waals surface area contributed by atoms with E-state index in [0.29, 0.717) is 5.15 Å². The van der Waals surface area contributed by atoms with Gasteiger partial charge in [-0.1, -0.05) is 117 Å². The maximum atomic E-state index is 6.79. The summed E-state index contributed by atoms with van der Waals surface area (Å²) in [5, 5.41) is 0.594. The zero-order valence-corrected chi connectivity index (χ0v) is 22.5. The van der Waals surface area contributed by atoms with Crippen molar-refractivity contribution in [1.82, 2.24) is 9.97 Å². The average Bonchev–Trinajstić information content (AvgIpc) is 2.80. The quantitative estimate of drug-likeness (QED) is 0.248. The Labute approximate surface area is 203 Å². The van der Waals surface area contributed by atoms with Gasteiger partial charge in [0.1, 0.15) is 0 Å². The van der Waals surface area contributed by atoms with E-state index in [1.807, 2.05) is 0 Å². The second kappa shape index (κ2) is 12.9. The largest absolute Gasteiger partial charge is 0.247 e. The summed E-state index contributed by atoms with van der Waals surface area (Å²) in [7, 11) is 0. The molecule has 1 heterocycles. The molecule has 3 heteroatoms. The van der Waals surface area contributed by atoms with E-state index in [4.69, 9.17) is 21.6 Å². The van der Waals surface area contributed by atoms with Crippen LogP contribution in [0.1, 0.15) is 136 Å². The fourth-order valence-corrected chi connectivity index (χ4v) is 5.28. The second-order valence-electron chi connectivity index (χ2n) is 10.4. The highest BCUT2D eigenvalue weighted by molar-refractivity contribution is 6.30. The zero-order chi connectivity index (χ0) is 23.6. The van der Waals surface area contributed by atoms with Gasteiger partial charge >= 0.3 is 0 Å². The molecule has 1 unspecified atom stereocenters. The highest BCUT2D eigenvalue weighted by Crippen LogP contribution is 2.39. The van der Waals surface area contributed by atoms with E-state index >= 15 is 0 Å². The molecule has 0 amide bonds.